The van der Waals surface area contributed by atoms with Gasteiger partial charge in [-0.25, -0.2) is 15.0 Å². The van der Waals surface area contributed by atoms with E-state index >= 15 is 0 Å². The van der Waals surface area contributed by atoms with E-state index in [0.29, 0.717) is 5.82 Å². The molecule has 3 aliphatic rings. The molecule has 240 valence electrons. The lowest BCUT2D eigenvalue weighted by atomic mass is 9.74. The predicted molar refractivity (Wildman–Crippen MR) is 206 cm³/mol. The van der Waals surface area contributed by atoms with Gasteiger partial charge < -0.3 is 0 Å². The van der Waals surface area contributed by atoms with Gasteiger partial charge in [0.15, 0.2) is 17.5 Å². The molecule has 3 heteroatoms. The molecule has 6 aromatic rings. The smallest absolute Gasteiger partial charge is 0.164 e. The van der Waals surface area contributed by atoms with Gasteiger partial charge in [-0.1, -0.05) is 140 Å². The van der Waals surface area contributed by atoms with Crippen molar-refractivity contribution in [2.45, 2.75) is 38.0 Å². The van der Waals surface area contributed by atoms with E-state index < -0.39 is 0 Å². The van der Waals surface area contributed by atoms with Crippen molar-refractivity contribution in [2.24, 2.45) is 0 Å². The van der Waals surface area contributed by atoms with Gasteiger partial charge in [0.2, 0.25) is 0 Å². The predicted octanol–water partition coefficient (Wildman–Crippen LogP) is 11.7. The molecular formula is C47H37N3. The van der Waals surface area contributed by atoms with Crippen LogP contribution in [0.15, 0.2) is 158 Å². The van der Waals surface area contributed by atoms with E-state index in [4.69, 9.17) is 15.0 Å². The second kappa shape index (κ2) is 12.5. The largest absolute Gasteiger partial charge is 0.209 e. The van der Waals surface area contributed by atoms with Crippen LogP contribution < -0.4 is 0 Å². The molecule has 0 amide bonds. The van der Waals surface area contributed by atoms with Gasteiger partial charge in [-0.05, 0) is 106 Å². The molecule has 3 nitrogen and oxygen atoms in total. The van der Waals surface area contributed by atoms with Crippen LogP contribution in [0, 0.1) is 0 Å². The summed E-state index contributed by atoms with van der Waals surface area (Å²) in [6.45, 7) is 2.37. The molecule has 1 atom stereocenters. The lowest BCUT2D eigenvalue weighted by Gasteiger charge is -2.28. The van der Waals surface area contributed by atoms with Gasteiger partial charge in [0.05, 0.1) is 0 Å². The van der Waals surface area contributed by atoms with Crippen molar-refractivity contribution < 1.29 is 0 Å². The zero-order valence-electron chi connectivity index (χ0n) is 28.2. The molecule has 1 aromatic heterocycles. The SMILES string of the molecule is CC1(c2ccccc2)c2ccccc2-c2ccc(-c3cccc(-c4cccc(-c5nc(C6=CCCC=C6)nc(C6=CC=CCC6)n5)c4)c3)cc21. The minimum atomic E-state index is -0.231. The fourth-order valence-electron chi connectivity index (χ4n) is 7.82. The van der Waals surface area contributed by atoms with Crippen LogP contribution in [0.25, 0.3) is 55.9 Å². The summed E-state index contributed by atoms with van der Waals surface area (Å²) < 4.78 is 0. The van der Waals surface area contributed by atoms with E-state index in [1.807, 2.05) is 0 Å². The molecule has 0 bridgehead atoms. The molecule has 1 heterocycles. The average molecular weight is 644 g/mol. The van der Waals surface area contributed by atoms with E-state index in [1.165, 1.54) is 38.9 Å². The summed E-state index contributed by atoms with van der Waals surface area (Å²) >= 11 is 0. The van der Waals surface area contributed by atoms with Crippen molar-refractivity contribution in [1.29, 1.82) is 0 Å². The third-order valence-electron chi connectivity index (χ3n) is 10.5. The maximum Gasteiger partial charge on any atom is 0.164 e. The van der Waals surface area contributed by atoms with Crippen LogP contribution in [0.4, 0.5) is 0 Å². The summed E-state index contributed by atoms with van der Waals surface area (Å²) in [6, 6.07) is 44.3. The Bertz CT molecular complexity index is 2390. The number of fused-ring (bicyclic) bond motifs is 3. The number of hydrogen-bond acceptors (Lipinski definition) is 3. The third-order valence-corrected chi connectivity index (χ3v) is 10.5. The van der Waals surface area contributed by atoms with Crippen LogP contribution in [-0.2, 0) is 5.41 Å². The minimum Gasteiger partial charge on any atom is -0.209 e. The molecule has 0 saturated carbocycles. The lowest BCUT2D eigenvalue weighted by molar-refractivity contribution is 0.714. The highest BCUT2D eigenvalue weighted by molar-refractivity contribution is 5.86. The topological polar surface area (TPSA) is 38.7 Å². The summed E-state index contributed by atoms with van der Waals surface area (Å²) in [5.41, 5.74) is 14.3. The fraction of sp³-hybridized carbons (Fsp3) is 0.128. The Morgan fingerprint density at radius 3 is 1.96 bits per heavy atom. The van der Waals surface area contributed by atoms with Gasteiger partial charge in [0.1, 0.15) is 0 Å². The fourth-order valence-corrected chi connectivity index (χ4v) is 7.82. The first kappa shape index (κ1) is 30.2. The molecule has 0 saturated heterocycles. The molecule has 3 aliphatic carbocycles. The Morgan fingerprint density at radius 2 is 1.20 bits per heavy atom. The highest BCUT2D eigenvalue weighted by Crippen LogP contribution is 2.53. The first-order valence-electron chi connectivity index (χ1n) is 17.7. The molecule has 5 aromatic carbocycles. The van der Waals surface area contributed by atoms with Crippen molar-refractivity contribution in [1.82, 2.24) is 15.0 Å². The molecule has 0 spiro atoms. The lowest BCUT2D eigenvalue weighted by Crippen LogP contribution is -2.22. The van der Waals surface area contributed by atoms with Gasteiger partial charge in [-0.2, -0.15) is 0 Å². The van der Waals surface area contributed by atoms with E-state index in [0.717, 1.165) is 65.2 Å². The zero-order valence-corrected chi connectivity index (χ0v) is 28.2. The first-order chi connectivity index (χ1) is 24.6. The summed E-state index contributed by atoms with van der Waals surface area (Å²) in [6.07, 6.45) is 17.0. The maximum atomic E-state index is 5.04. The number of rotatable bonds is 6. The molecule has 0 fully saturated rings. The van der Waals surface area contributed by atoms with Crippen molar-refractivity contribution in [3.63, 3.8) is 0 Å². The standard InChI is InChI=1S/C47H37N3/c1-47(39-23-9-4-10-24-39)42-26-12-11-25-40(42)41-28-27-37(31-43(41)47)35-20-13-19-34(29-35)36-21-14-22-38(30-36)46-49-44(32-15-5-2-6-16-32)48-45(50-46)33-17-7-3-8-18-33/h2,4-5,7,9-15,17-31H,3,6,8,16H2,1H3. The Morgan fingerprint density at radius 1 is 0.520 bits per heavy atom. The quantitative estimate of drug-likeness (QED) is 0.181. The monoisotopic (exact) mass is 643 g/mol. The van der Waals surface area contributed by atoms with E-state index in [1.54, 1.807) is 0 Å². The molecule has 0 radical (unpaired) electrons. The van der Waals surface area contributed by atoms with Gasteiger partial charge in [0.25, 0.3) is 0 Å². The van der Waals surface area contributed by atoms with Crippen LogP contribution in [0.5, 0.6) is 0 Å². The highest BCUT2D eigenvalue weighted by Gasteiger charge is 2.40. The van der Waals surface area contributed by atoms with Gasteiger partial charge >= 0.3 is 0 Å². The zero-order chi connectivity index (χ0) is 33.5. The van der Waals surface area contributed by atoms with Gasteiger partial charge in [0, 0.05) is 16.6 Å². The summed E-state index contributed by atoms with van der Waals surface area (Å²) in [4.78, 5) is 15.0. The molecule has 50 heavy (non-hydrogen) atoms. The number of nitrogens with zero attached hydrogens (tertiary/aromatic N) is 3. The van der Waals surface area contributed by atoms with Crippen LogP contribution >= 0.6 is 0 Å². The first-order valence-corrected chi connectivity index (χ1v) is 17.7. The second-order valence-corrected chi connectivity index (χ2v) is 13.6. The van der Waals surface area contributed by atoms with Crippen molar-refractivity contribution in [2.75, 3.05) is 0 Å². The molecule has 9 rings (SSSR count). The summed E-state index contributed by atoms with van der Waals surface area (Å²) in [7, 11) is 0. The second-order valence-electron chi connectivity index (χ2n) is 13.6. The molecular weight excluding hydrogens is 607 g/mol. The third kappa shape index (κ3) is 5.27. The highest BCUT2D eigenvalue weighted by atomic mass is 15.0. The van der Waals surface area contributed by atoms with Crippen LogP contribution in [0.2, 0.25) is 0 Å². The van der Waals surface area contributed by atoms with Crippen molar-refractivity contribution >= 4 is 11.1 Å². The van der Waals surface area contributed by atoms with E-state index in [9.17, 15) is 0 Å². The number of benzene rings is 5. The maximum absolute atomic E-state index is 5.04. The number of aromatic nitrogens is 3. The Kier molecular flexibility index (Phi) is 7.54. The molecule has 1 unspecified atom stereocenters. The van der Waals surface area contributed by atoms with Crippen molar-refractivity contribution in [3.05, 3.63) is 186 Å². The number of hydrogen-bond donors (Lipinski definition) is 0. The Balaban J connectivity index is 1.10. The molecule has 0 aliphatic heterocycles. The van der Waals surface area contributed by atoms with Crippen LogP contribution in [-0.4, -0.2) is 15.0 Å². The van der Waals surface area contributed by atoms with Crippen molar-refractivity contribution in [3.8, 4) is 44.8 Å². The Labute approximate surface area is 294 Å². The van der Waals surface area contributed by atoms with Crippen LogP contribution in [0.1, 0.15) is 60.9 Å². The average Bonchev–Trinajstić information content (AvgIpc) is 3.47. The van der Waals surface area contributed by atoms with Gasteiger partial charge in [-0.15, -0.1) is 0 Å². The minimum absolute atomic E-state index is 0.231. The van der Waals surface area contributed by atoms with Gasteiger partial charge in [-0.3, -0.25) is 0 Å². The van der Waals surface area contributed by atoms with E-state index in [2.05, 4.69) is 165 Å². The van der Waals surface area contributed by atoms with Crippen LogP contribution in [0.3, 0.4) is 0 Å². The number of allylic oxidation sites excluding steroid dienone is 8. The van der Waals surface area contributed by atoms with E-state index in [-0.39, 0.29) is 5.41 Å². The normalized spacial score (nSPS) is 17.5. The summed E-state index contributed by atoms with van der Waals surface area (Å²) in [5, 5.41) is 0. The molecule has 0 N–H and O–H groups in total. The summed E-state index contributed by atoms with van der Waals surface area (Å²) in [5.74, 6) is 2.21. The Hall–Kier alpha value is -5.93.